The number of fused-ring (bicyclic) bond motifs is 2. The summed E-state index contributed by atoms with van der Waals surface area (Å²) in [5.41, 5.74) is 3.31. The summed E-state index contributed by atoms with van der Waals surface area (Å²) in [5.74, 6) is 2.03. The maximum Gasteiger partial charge on any atom is 0.262 e. The molecule has 0 bridgehead atoms. The Morgan fingerprint density at radius 1 is 0.939 bits per heavy atom. The minimum atomic E-state index is -0.150. The molecular formula is C25H18N4O3S. The second-order valence-corrected chi connectivity index (χ2v) is 8.58. The maximum absolute atomic E-state index is 12.9. The van der Waals surface area contributed by atoms with E-state index in [0.29, 0.717) is 27.4 Å². The summed E-state index contributed by atoms with van der Waals surface area (Å²) in [6.45, 7) is 2.16. The van der Waals surface area contributed by atoms with E-state index in [1.165, 1.54) is 11.8 Å². The van der Waals surface area contributed by atoms with Gasteiger partial charge in [0.15, 0.2) is 17.3 Å². The smallest absolute Gasteiger partial charge is 0.262 e. The minimum Gasteiger partial charge on any atom is -0.454 e. The molecule has 0 aliphatic carbocycles. The first-order valence-electron chi connectivity index (χ1n) is 10.4. The predicted octanol–water partition coefficient (Wildman–Crippen LogP) is 4.96. The Bertz CT molecular complexity index is 1560. The maximum atomic E-state index is 12.9. The summed E-state index contributed by atoms with van der Waals surface area (Å²) in [5, 5.41) is 10.6. The average Bonchev–Trinajstić information content (AvgIpc) is 3.48. The van der Waals surface area contributed by atoms with E-state index in [4.69, 9.17) is 9.47 Å². The Balaban J connectivity index is 1.51. The van der Waals surface area contributed by atoms with Crippen molar-refractivity contribution in [1.29, 1.82) is 0 Å². The Kier molecular flexibility index (Phi) is 4.66. The van der Waals surface area contributed by atoms with Gasteiger partial charge >= 0.3 is 0 Å². The fourth-order valence-electron chi connectivity index (χ4n) is 3.97. The molecule has 162 valence electrons. The number of ether oxygens (including phenoxy) is 2. The van der Waals surface area contributed by atoms with Crippen molar-refractivity contribution < 1.29 is 9.47 Å². The average molecular weight is 455 g/mol. The van der Waals surface area contributed by atoms with Crippen molar-refractivity contribution >= 4 is 22.7 Å². The number of para-hydroxylation sites is 2. The van der Waals surface area contributed by atoms with Gasteiger partial charge in [-0.25, -0.2) is 0 Å². The van der Waals surface area contributed by atoms with Crippen LogP contribution in [0.25, 0.3) is 28.0 Å². The molecule has 8 heteroatoms. The molecule has 0 atom stereocenters. The number of hydrogen-bond acceptors (Lipinski definition) is 6. The van der Waals surface area contributed by atoms with Gasteiger partial charge in [0.2, 0.25) is 11.9 Å². The monoisotopic (exact) mass is 454 g/mol. The third kappa shape index (κ3) is 3.35. The van der Waals surface area contributed by atoms with Crippen LogP contribution >= 0.6 is 11.8 Å². The summed E-state index contributed by atoms with van der Waals surface area (Å²) < 4.78 is 12.9. The molecule has 3 aromatic carbocycles. The number of nitrogens with zero attached hydrogens (tertiary/aromatic N) is 3. The minimum absolute atomic E-state index is 0.150. The summed E-state index contributed by atoms with van der Waals surface area (Å²) in [6.07, 6.45) is 0. The van der Waals surface area contributed by atoms with E-state index in [1.54, 1.807) is 0 Å². The van der Waals surface area contributed by atoms with Crippen LogP contribution in [0.15, 0.2) is 87.6 Å². The lowest BCUT2D eigenvalue weighted by molar-refractivity contribution is 0.174. The van der Waals surface area contributed by atoms with Gasteiger partial charge in [-0.2, -0.15) is 0 Å². The van der Waals surface area contributed by atoms with Crippen molar-refractivity contribution in [3.63, 3.8) is 0 Å². The Hall–Kier alpha value is -4.04. The quantitative estimate of drug-likeness (QED) is 0.413. The standard InChI is InChI=1S/C25H18N4O3S/c1-15-18-9-5-6-10-19(18)26-24(30)22(15)33-25-28-27-23(29(25)17-7-3-2-4-8-17)16-11-12-20-21(13-16)32-14-31-20/h2-13H,14H2,1H3,(H,26,30). The predicted molar refractivity (Wildman–Crippen MR) is 126 cm³/mol. The molecule has 0 fully saturated rings. The Morgan fingerprint density at radius 2 is 1.73 bits per heavy atom. The molecule has 33 heavy (non-hydrogen) atoms. The molecule has 0 spiro atoms. The fourth-order valence-corrected chi connectivity index (χ4v) is 4.93. The van der Waals surface area contributed by atoms with Crippen molar-refractivity contribution in [2.24, 2.45) is 0 Å². The van der Waals surface area contributed by atoms with Crippen molar-refractivity contribution in [2.45, 2.75) is 17.0 Å². The van der Waals surface area contributed by atoms with Gasteiger partial charge in [0.25, 0.3) is 5.56 Å². The van der Waals surface area contributed by atoms with E-state index in [2.05, 4.69) is 15.2 Å². The van der Waals surface area contributed by atoms with Crippen LogP contribution in [-0.2, 0) is 0 Å². The lowest BCUT2D eigenvalue weighted by atomic mass is 10.1. The molecule has 6 rings (SSSR count). The largest absolute Gasteiger partial charge is 0.454 e. The highest BCUT2D eigenvalue weighted by atomic mass is 32.2. The van der Waals surface area contributed by atoms with E-state index >= 15 is 0 Å². The lowest BCUT2D eigenvalue weighted by Gasteiger charge is -2.12. The third-order valence-electron chi connectivity index (χ3n) is 5.60. The molecule has 5 aromatic rings. The molecule has 1 aliphatic heterocycles. The van der Waals surface area contributed by atoms with Crippen molar-refractivity contribution in [1.82, 2.24) is 19.7 Å². The molecule has 1 aliphatic rings. The van der Waals surface area contributed by atoms with E-state index in [0.717, 1.165) is 27.7 Å². The van der Waals surface area contributed by atoms with Gasteiger partial charge in [-0.05, 0) is 60.6 Å². The van der Waals surface area contributed by atoms with E-state index < -0.39 is 0 Å². The first kappa shape index (κ1) is 19.6. The van der Waals surface area contributed by atoms with Crippen LogP contribution in [0.1, 0.15) is 5.56 Å². The topological polar surface area (TPSA) is 82.0 Å². The second-order valence-electron chi connectivity index (χ2n) is 7.60. The second kappa shape index (κ2) is 7.83. The molecule has 0 saturated heterocycles. The number of H-pyrrole nitrogens is 1. The zero-order valence-electron chi connectivity index (χ0n) is 17.6. The Labute approximate surface area is 193 Å². The lowest BCUT2D eigenvalue weighted by Crippen LogP contribution is -2.11. The number of aryl methyl sites for hydroxylation is 1. The van der Waals surface area contributed by atoms with Gasteiger partial charge in [-0.1, -0.05) is 36.4 Å². The van der Waals surface area contributed by atoms with Crippen LogP contribution in [0, 0.1) is 6.92 Å². The number of benzene rings is 3. The number of aromatic nitrogens is 4. The molecule has 7 nitrogen and oxygen atoms in total. The number of pyridine rings is 1. The molecular weight excluding hydrogens is 436 g/mol. The molecule has 0 radical (unpaired) electrons. The summed E-state index contributed by atoms with van der Waals surface area (Å²) in [6, 6.07) is 23.3. The van der Waals surface area contributed by atoms with E-state index in [-0.39, 0.29) is 12.4 Å². The van der Waals surface area contributed by atoms with Crippen molar-refractivity contribution in [2.75, 3.05) is 6.79 Å². The van der Waals surface area contributed by atoms with Gasteiger partial charge in [0.05, 0.1) is 4.90 Å². The van der Waals surface area contributed by atoms with Gasteiger partial charge in [-0.15, -0.1) is 10.2 Å². The van der Waals surface area contributed by atoms with Crippen LogP contribution in [0.4, 0.5) is 0 Å². The van der Waals surface area contributed by atoms with Gasteiger partial charge < -0.3 is 14.5 Å². The first-order chi connectivity index (χ1) is 16.2. The summed E-state index contributed by atoms with van der Waals surface area (Å²) in [7, 11) is 0. The SMILES string of the molecule is Cc1c(Sc2nnc(-c3ccc4c(c3)OCO4)n2-c2ccccc2)c(=O)[nH]c2ccccc12. The number of hydrogen-bond donors (Lipinski definition) is 1. The van der Waals surface area contributed by atoms with E-state index in [1.807, 2.05) is 84.3 Å². The summed E-state index contributed by atoms with van der Waals surface area (Å²) >= 11 is 1.31. The first-order valence-corrected chi connectivity index (χ1v) is 11.2. The van der Waals surface area contributed by atoms with Crippen LogP contribution in [-0.4, -0.2) is 26.5 Å². The van der Waals surface area contributed by atoms with Gasteiger partial charge in [0.1, 0.15) is 0 Å². The van der Waals surface area contributed by atoms with Gasteiger partial charge in [0, 0.05) is 22.2 Å². The van der Waals surface area contributed by atoms with Crippen LogP contribution in [0.2, 0.25) is 0 Å². The highest BCUT2D eigenvalue weighted by molar-refractivity contribution is 7.99. The molecule has 2 aromatic heterocycles. The van der Waals surface area contributed by atoms with Crippen molar-refractivity contribution in [3.05, 3.63) is 88.7 Å². The number of nitrogens with one attached hydrogen (secondary N) is 1. The zero-order chi connectivity index (χ0) is 22.4. The normalized spacial score (nSPS) is 12.4. The number of aromatic amines is 1. The van der Waals surface area contributed by atoms with Crippen LogP contribution in [0.3, 0.4) is 0 Å². The number of rotatable bonds is 4. The Morgan fingerprint density at radius 3 is 2.61 bits per heavy atom. The molecule has 0 amide bonds. The molecule has 1 N–H and O–H groups in total. The van der Waals surface area contributed by atoms with E-state index in [9.17, 15) is 4.79 Å². The molecule has 0 unspecified atom stereocenters. The highest BCUT2D eigenvalue weighted by Gasteiger charge is 2.22. The van der Waals surface area contributed by atoms with Crippen molar-refractivity contribution in [3.8, 4) is 28.6 Å². The highest BCUT2D eigenvalue weighted by Crippen LogP contribution is 2.38. The zero-order valence-corrected chi connectivity index (χ0v) is 18.4. The fraction of sp³-hybridized carbons (Fsp3) is 0.0800. The van der Waals surface area contributed by atoms with Gasteiger partial charge in [-0.3, -0.25) is 9.36 Å². The van der Waals surface area contributed by atoms with Crippen LogP contribution in [0.5, 0.6) is 11.5 Å². The third-order valence-corrected chi connectivity index (χ3v) is 6.74. The molecule has 3 heterocycles. The molecule has 0 saturated carbocycles. The summed E-state index contributed by atoms with van der Waals surface area (Å²) in [4.78, 5) is 16.5. The van der Waals surface area contributed by atoms with Crippen LogP contribution < -0.4 is 15.0 Å².